The monoisotopic (exact) mass is 431 g/mol. The van der Waals surface area contributed by atoms with Gasteiger partial charge in [0.1, 0.15) is 5.60 Å². The quantitative estimate of drug-likeness (QED) is 0.587. The first-order chi connectivity index (χ1) is 12.9. The predicted octanol–water partition coefficient (Wildman–Crippen LogP) is 3.95. The molecule has 0 saturated carbocycles. The van der Waals surface area contributed by atoms with E-state index in [1.165, 1.54) is 4.90 Å². The van der Waals surface area contributed by atoms with Crippen molar-refractivity contribution in [3.8, 4) is 0 Å². The van der Waals surface area contributed by atoms with Gasteiger partial charge in [-0.15, -0.1) is 0 Å². The summed E-state index contributed by atoms with van der Waals surface area (Å²) in [5, 5.41) is 18.5. The largest absolute Gasteiger partial charge is 0.481 e. The average Bonchev–Trinajstić information content (AvgIpc) is 2.85. The molecule has 168 valence electrons. The minimum absolute atomic E-state index is 0.0244. The molecule has 1 aliphatic heterocycles. The van der Waals surface area contributed by atoms with E-state index in [1.807, 2.05) is 0 Å². The number of carboxylic acid groups (broad SMARTS) is 2. The minimum Gasteiger partial charge on any atom is -0.481 e. The molecule has 0 spiro atoms. The SMILES string of the molecule is CC(C)(C)OC(=O)N1C[C@H](O[Si](C)(C)C(C)(C)C)C[C@H]1C(CC(=O)O)CC(=O)O. The molecule has 0 aromatic heterocycles. The third-order valence-corrected chi connectivity index (χ3v) is 10.2. The fraction of sp³-hybridized carbons (Fsp3) is 0.850. The number of carboxylic acids is 2. The lowest BCUT2D eigenvalue weighted by Crippen LogP contribution is -2.45. The van der Waals surface area contributed by atoms with Crippen LogP contribution in [0.4, 0.5) is 4.79 Å². The maximum Gasteiger partial charge on any atom is 0.410 e. The van der Waals surface area contributed by atoms with Gasteiger partial charge in [-0.1, -0.05) is 20.8 Å². The lowest BCUT2D eigenvalue weighted by atomic mass is 9.90. The molecule has 0 aromatic rings. The molecule has 1 aliphatic rings. The van der Waals surface area contributed by atoms with Crippen LogP contribution in [0.1, 0.15) is 60.8 Å². The molecule has 0 aromatic carbocycles. The Morgan fingerprint density at radius 2 is 1.52 bits per heavy atom. The summed E-state index contributed by atoms with van der Waals surface area (Å²) in [4.78, 5) is 37.0. The number of amides is 1. The van der Waals surface area contributed by atoms with Gasteiger partial charge in [0.05, 0.1) is 18.9 Å². The zero-order valence-electron chi connectivity index (χ0n) is 18.9. The van der Waals surface area contributed by atoms with Gasteiger partial charge in [0.15, 0.2) is 8.32 Å². The lowest BCUT2D eigenvalue weighted by molar-refractivity contribution is -0.141. The zero-order chi connectivity index (χ0) is 22.8. The van der Waals surface area contributed by atoms with E-state index in [2.05, 4.69) is 33.9 Å². The van der Waals surface area contributed by atoms with E-state index < -0.39 is 43.9 Å². The van der Waals surface area contributed by atoms with E-state index in [-0.39, 0.29) is 30.5 Å². The molecule has 1 rings (SSSR count). The van der Waals surface area contributed by atoms with Crippen molar-refractivity contribution in [3.05, 3.63) is 0 Å². The first-order valence-electron chi connectivity index (χ1n) is 10.0. The summed E-state index contributed by atoms with van der Waals surface area (Å²) >= 11 is 0. The second kappa shape index (κ2) is 9.03. The fourth-order valence-corrected chi connectivity index (χ4v) is 4.63. The minimum atomic E-state index is -2.12. The summed E-state index contributed by atoms with van der Waals surface area (Å²) in [6.45, 7) is 16.1. The Morgan fingerprint density at radius 1 is 1.03 bits per heavy atom. The molecule has 0 aliphatic carbocycles. The van der Waals surface area contributed by atoms with Crippen molar-refractivity contribution in [1.29, 1.82) is 0 Å². The van der Waals surface area contributed by atoms with Crippen LogP contribution in [-0.4, -0.2) is 65.8 Å². The molecule has 0 bridgehead atoms. The van der Waals surface area contributed by atoms with Gasteiger partial charge < -0.3 is 24.3 Å². The summed E-state index contributed by atoms with van der Waals surface area (Å²) in [7, 11) is -2.12. The highest BCUT2D eigenvalue weighted by atomic mass is 28.4. The molecule has 29 heavy (non-hydrogen) atoms. The van der Waals surface area contributed by atoms with E-state index in [9.17, 15) is 24.6 Å². The number of carbonyl (C=O) groups is 3. The molecule has 1 heterocycles. The number of carbonyl (C=O) groups excluding carboxylic acids is 1. The predicted molar refractivity (Wildman–Crippen MR) is 111 cm³/mol. The van der Waals surface area contributed by atoms with Crippen molar-refractivity contribution < 1.29 is 33.8 Å². The summed E-state index contributed by atoms with van der Waals surface area (Å²) in [5.74, 6) is -2.89. The Bertz CT molecular complexity index is 605. The third-order valence-electron chi connectivity index (χ3n) is 5.62. The highest BCUT2D eigenvalue weighted by Crippen LogP contribution is 2.40. The summed E-state index contributed by atoms with van der Waals surface area (Å²) in [6.07, 6.45) is -1.11. The Hall–Kier alpha value is -1.61. The molecular weight excluding hydrogens is 394 g/mol. The summed E-state index contributed by atoms with van der Waals surface area (Å²) in [6, 6.07) is -0.563. The second-order valence-electron chi connectivity index (χ2n) is 10.4. The first-order valence-corrected chi connectivity index (χ1v) is 12.9. The van der Waals surface area contributed by atoms with Crippen LogP contribution in [-0.2, 0) is 18.8 Å². The van der Waals surface area contributed by atoms with Crippen molar-refractivity contribution in [1.82, 2.24) is 4.90 Å². The third kappa shape index (κ3) is 7.62. The van der Waals surface area contributed by atoms with Gasteiger partial charge in [0.25, 0.3) is 0 Å². The number of likely N-dealkylation sites (tertiary alicyclic amines) is 1. The average molecular weight is 432 g/mol. The van der Waals surface area contributed by atoms with Gasteiger partial charge in [0, 0.05) is 18.5 Å². The van der Waals surface area contributed by atoms with E-state index in [0.29, 0.717) is 6.42 Å². The maximum atomic E-state index is 12.8. The van der Waals surface area contributed by atoms with Crippen molar-refractivity contribution in [2.45, 2.75) is 96.7 Å². The molecule has 0 radical (unpaired) electrons. The van der Waals surface area contributed by atoms with E-state index in [1.54, 1.807) is 20.8 Å². The number of hydrogen-bond donors (Lipinski definition) is 2. The van der Waals surface area contributed by atoms with Crippen molar-refractivity contribution in [2.24, 2.45) is 5.92 Å². The van der Waals surface area contributed by atoms with Crippen LogP contribution in [0.25, 0.3) is 0 Å². The van der Waals surface area contributed by atoms with Gasteiger partial charge in [-0.2, -0.15) is 0 Å². The highest BCUT2D eigenvalue weighted by Gasteiger charge is 2.47. The maximum absolute atomic E-state index is 12.8. The van der Waals surface area contributed by atoms with Crippen LogP contribution in [0.2, 0.25) is 18.1 Å². The first kappa shape index (κ1) is 25.4. The van der Waals surface area contributed by atoms with Gasteiger partial charge in [0.2, 0.25) is 0 Å². The Labute approximate surface area is 174 Å². The molecule has 1 saturated heterocycles. The summed E-state index contributed by atoms with van der Waals surface area (Å²) in [5.41, 5.74) is -0.713. The number of nitrogens with zero attached hydrogens (tertiary/aromatic N) is 1. The number of rotatable bonds is 7. The van der Waals surface area contributed by atoms with Crippen LogP contribution < -0.4 is 0 Å². The fourth-order valence-electron chi connectivity index (χ4n) is 3.27. The normalized spacial score (nSPS) is 20.8. The van der Waals surface area contributed by atoms with Crippen molar-refractivity contribution >= 4 is 26.3 Å². The van der Waals surface area contributed by atoms with Gasteiger partial charge in [-0.25, -0.2) is 4.79 Å². The molecule has 8 nitrogen and oxygen atoms in total. The van der Waals surface area contributed by atoms with Crippen LogP contribution in [0.15, 0.2) is 0 Å². The second-order valence-corrected chi connectivity index (χ2v) is 15.1. The van der Waals surface area contributed by atoms with Gasteiger partial charge >= 0.3 is 18.0 Å². The van der Waals surface area contributed by atoms with Crippen molar-refractivity contribution in [2.75, 3.05) is 6.54 Å². The zero-order valence-corrected chi connectivity index (χ0v) is 19.9. The standard InChI is InChI=1S/C20H37NO7Si/c1-19(2,3)27-18(26)21-12-14(28-29(7,8)20(4,5)6)11-15(21)13(9-16(22)23)10-17(24)25/h13-15H,9-12H2,1-8H3,(H,22,23)(H,24,25)/t14-,15+/m1/s1. The molecular formula is C20H37NO7Si. The van der Waals surface area contributed by atoms with E-state index >= 15 is 0 Å². The number of ether oxygens (including phenoxy) is 1. The van der Waals surface area contributed by atoms with Crippen molar-refractivity contribution in [3.63, 3.8) is 0 Å². The molecule has 9 heteroatoms. The molecule has 1 amide bonds. The van der Waals surface area contributed by atoms with Crippen LogP contribution in [0, 0.1) is 5.92 Å². The Kier molecular flexibility index (Phi) is 7.92. The van der Waals surface area contributed by atoms with Gasteiger partial charge in [-0.05, 0) is 45.3 Å². The van der Waals surface area contributed by atoms with E-state index in [4.69, 9.17) is 9.16 Å². The number of hydrogen-bond acceptors (Lipinski definition) is 5. The van der Waals surface area contributed by atoms with Gasteiger partial charge in [-0.3, -0.25) is 9.59 Å². The topological polar surface area (TPSA) is 113 Å². The van der Waals surface area contributed by atoms with Crippen LogP contribution in [0.5, 0.6) is 0 Å². The summed E-state index contributed by atoms with van der Waals surface area (Å²) < 4.78 is 12.0. The lowest BCUT2D eigenvalue weighted by Gasteiger charge is -2.38. The number of aliphatic carboxylic acids is 2. The smallest absolute Gasteiger partial charge is 0.410 e. The van der Waals surface area contributed by atoms with Crippen LogP contribution >= 0.6 is 0 Å². The van der Waals surface area contributed by atoms with Crippen LogP contribution in [0.3, 0.4) is 0 Å². The van der Waals surface area contributed by atoms with E-state index in [0.717, 1.165) is 0 Å². The Morgan fingerprint density at radius 3 is 1.90 bits per heavy atom. The highest BCUT2D eigenvalue weighted by molar-refractivity contribution is 6.74. The molecule has 2 atom stereocenters. The Balaban J connectivity index is 3.16. The molecule has 0 unspecified atom stereocenters. The molecule has 1 fully saturated rings. The molecule has 2 N–H and O–H groups in total.